The Labute approximate surface area is 111 Å². The van der Waals surface area contributed by atoms with Crippen molar-refractivity contribution in [1.82, 2.24) is 0 Å². The van der Waals surface area contributed by atoms with Crippen molar-refractivity contribution in [3.05, 3.63) is 0 Å². The summed E-state index contributed by atoms with van der Waals surface area (Å²) in [6, 6.07) is 0. The number of thioether (sulfide) groups is 1. The minimum Gasteiger partial charge on any atom is -0.173 e. The molecule has 0 amide bonds. The second kappa shape index (κ2) is 6.11. The van der Waals surface area contributed by atoms with E-state index in [-0.39, 0.29) is 9.49 Å². The predicted molar refractivity (Wildman–Crippen MR) is 81.9 cm³/mol. The van der Waals surface area contributed by atoms with E-state index in [0.29, 0.717) is 10.5 Å². The normalized spacial score (nSPS) is 17.6. The summed E-state index contributed by atoms with van der Waals surface area (Å²) in [5.74, 6) is 0. The SMILES string of the molecule is CC(CC(C)(C)S)SC(C)CC(C)(C)S. The largest absolute Gasteiger partial charge is 0.173 e. The maximum absolute atomic E-state index is 4.57. The van der Waals surface area contributed by atoms with Crippen LogP contribution in [0.5, 0.6) is 0 Å². The van der Waals surface area contributed by atoms with Gasteiger partial charge in [0.2, 0.25) is 0 Å². The second-order valence-corrected chi connectivity index (χ2v) is 10.1. The summed E-state index contributed by atoms with van der Waals surface area (Å²) in [6.07, 6.45) is 2.30. The molecule has 0 aliphatic rings. The van der Waals surface area contributed by atoms with Gasteiger partial charge in [-0.3, -0.25) is 0 Å². The summed E-state index contributed by atoms with van der Waals surface area (Å²) >= 11 is 11.2. The molecule has 0 aromatic heterocycles. The number of hydrogen-bond donors (Lipinski definition) is 2. The molecular weight excluding hydrogens is 240 g/mol. The van der Waals surface area contributed by atoms with Crippen LogP contribution >= 0.6 is 37.0 Å². The van der Waals surface area contributed by atoms with Gasteiger partial charge in [-0.2, -0.15) is 37.0 Å². The highest BCUT2D eigenvalue weighted by Gasteiger charge is 2.21. The molecule has 15 heavy (non-hydrogen) atoms. The van der Waals surface area contributed by atoms with Crippen LogP contribution in [0.4, 0.5) is 0 Å². The van der Waals surface area contributed by atoms with Crippen molar-refractivity contribution < 1.29 is 0 Å². The molecule has 0 spiro atoms. The van der Waals surface area contributed by atoms with Crippen LogP contribution in [0.3, 0.4) is 0 Å². The third kappa shape index (κ3) is 11.3. The average molecular weight is 267 g/mol. The first-order valence-electron chi connectivity index (χ1n) is 5.60. The van der Waals surface area contributed by atoms with E-state index in [0.717, 1.165) is 12.8 Å². The van der Waals surface area contributed by atoms with Crippen LogP contribution in [0.15, 0.2) is 0 Å². The third-order valence-corrected chi connectivity index (χ3v) is 3.67. The van der Waals surface area contributed by atoms with Gasteiger partial charge < -0.3 is 0 Å². The van der Waals surface area contributed by atoms with Crippen LogP contribution in [0.1, 0.15) is 54.4 Å². The molecular formula is C12H26S3. The van der Waals surface area contributed by atoms with Crippen molar-refractivity contribution in [1.29, 1.82) is 0 Å². The van der Waals surface area contributed by atoms with Crippen LogP contribution in [0.2, 0.25) is 0 Å². The average Bonchev–Trinajstić information content (AvgIpc) is 1.73. The molecule has 0 saturated carbocycles. The zero-order chi connectivity index (χ0) is 12.3. The Morgan fingerprint density at radius 2 is 1.13 bits per heavy atom. The van der Waals surface area contributed by atoms with E-state index in [1.807, 2.05) is 0 Å². The molecule has 2 atom stereocenters. The standard InChI is InChI=1S/C12H26S3/c1-9(7-11(3,4)13)15-10(2)8-12(5,6)14/h9-10,13-14H,7-8H2,1-6H3. The smallest absolute Gasteiger partial charge is 0.00835 e. The molecule has 0 fully saturated rings. The van der Waals surface area contributed by atoms with Crippen molar-refractivity contribution in [2.24, 2.45) is 0 Å². The molecule has 0 nitrogen and oxygen atoms in total. The molecule has 0 heterocycles. The molecule has 0 saturated heterocycles. The van der Waals surface area contributed by atoms with E-state index in [1.54, 1.807) is 0 Å². The zero-order valence-corrected chi connectivity index (χ0v) is 13.5. The monoisotopic (exact) mass is 266 g/mol. The summed E-state index contributed by atoms with van der Waals surface area (Å²) in [7, 11) is 0. The van der Waals surface area contributed by atoms with E-state index in [1.165, 1.54) is 0 Å². The topological polar surface area (TPSA) is 0 Å². The second-order valence-electron chi connectivity index (χ2n) is 5.79. The number of rotatable bonds is 6. The Balaban J connectivity index is 3.92. The van der Waals surface area contributed by atoms with Crippen LogP contribution in [-0.4, -0.2) is 20.0 Å². The molecule has 0 aliphatic heterocycles. The summed E-state index contributed by atoms with van der Waals surface area (Å²) in [5, 5.41) is 1.34. The van der Waals surface area contributed by atoms with E-state index in [4.69, 9.17) is 0 Å². The highest BCUT2D eigenvalue weighted by Crippen LogP contribution is 2.32. The molecule has 0 aromatic carbocycles. The zero-order valence-electron chi connectivity index (χ0n) is 10.9. The lowest BCUT2D eigenvalue weighted by Crippen LogP contribution is -2.21. The lowest BCUT2D eigenvalue weighted by Gasteiger charge is -2.27. The lowest BCUT2D eigenvalue weighted by atomic mass is 10.1. The van der Waals surface area contributed by atoms with E-state index in [2.05, 4.69) is 78.6 Å². The van der Waals surface area contributed by atoms with Crippen molar-refractivity contribution in [3.63, 3.8) is 0 Å². The van der Waals surface area contributed by atoms with Gasteiger partial charge in [0, 0.05) is 20.0 Å². The summed E-state index contributed by atoms with van der Waals surface area (Å²) in [4.78, 5) is 0. The van der Waals surface area contributed by atoms with Gasteiger partial charge >= 0.3 is 0 Å². The van der Waals surface area contributed by atoms with Crippen molar-refractivity contribution in [2.45, 2.75) is 74.4 Å². The molecule has 92 valence electrons. The molecule has 0 rings (SSSR count). The highest BCUT2D eigenvalue weighted by molar-refractivity contribution is 8.00. The lowest BCUT2D eigenvalue weighted by molar-refractivity contribution is 0.623. The Morgan fingerprint density at radius 3 is 1.33 bits per heavy atom. The molecule has 0 bridgehead atoms. The van der Waals surface area contributed by atoms with Crippen LogP contribution in [0, 0.1) is 0 Å². The van der Waals surface area contributed by atoms with Gasteiger partial charge in [0.25, 0.3) is 0 Å². The fourth-order valence-corrected chi connectivity index (χ4v) is 4.51. The minimum absolute atomic E-state index is 0.141. The third-order valence-electron chi connectivity index (χ3n) is 2.04. The first kappa shape index (κ1) is 16.1. The minimum atomic E-state index is 0.141. The Hall–Kier alpha value is 1.05. The van der Waals surface area contributed by atoms with E-state index >= 15 is 0 Å². The molecule has 0 aromatic rings. The maximum atomic E-state index is 4.57. The predicted octanol–water partition coefficient (Wildman–Crippen LogP) is 4.69. The van der Waals surface area contributed by atoms with Crippen molar-refractivity contribution >= 4 is 37.0 Å². The van der Waals surface area contributed by atoms with Gasteiger partial charge in [0.05, 0.1) is 0 Å². The van der Waals surface area contributed by atoms with Gasteiger partial charge in [-0.1, -0.05) is 41.5 Å². The summed E-state index contributed by atoms with van der Waals surface area (Å²) < 4.78 is 0.283. The molecule has 0 aliphatic carbocycles. The van der Waals surface area contributed by atoms with Gasteiger partial charge in [-0.05, 0) is 12.8 Å². The van der Waals surface area contributed by atoms with Crippen LogP contribution in [-0.2, 0) is 0 Å². The van der Waals surface area contributed by atoms with Gasteiger partial charge in [0.1, 0.15) is 0 Å². The van der Waals surface area contributed by atoms with Gasteiger partial charge in [-0.25, -0.2) is 0 Å². The maximum Gasteiger partial charge on any atom is 0.00835 e. The van der Waals surface area contributed by atoms with Gasteiger partial charge in [-0.15, -0.1) is 0 Å². The first-order valence-corrected chi connectivity index (χ1v) is 7.43. The Bertz CT molecular complexity index is 156. The summed E-state index contributed by atoms with van der Waals surface area (Å²) in [5.41, 5.74) is 0. The van der Waals surface area contributed by atoms with Crippen LogP contribution in [0.25, 0.3) is 0 Å². The fraction of sp³-hybridized carbons (Fsp3) is 1.00. The van der Waals surface area contributed by atoms with Crippen LogP contribution < -0.4 is 0 Å². The highest BCUT2D eigenvalue weighted by atomic mass is 32.2. The quantitative estimate of drug-likeness (QED) is 0.658. The van der Waals surface area contributed by atoms with E-state index in [9.17, 15) is 0 Å². The summed E-state index contributed by atoms with van der Waals surface area (Å²) in [6.45, 7) is 13.3. The number of hydrogen-bond acceptors (Lipinski definition) is 3. The number of thiol groups is 2. The van der Waals surface area contributed by atoms with Crippen molar-refractivity contribution in [2.75, 3.05) is 0 Å². The molecule has 0 radical (unpaired) electrons. The molecule has 0 N–H and O–H groups in total. The first-order chi connectivity index (χ1) is 6.49. The van der Waals surface area contributed by atoms with Gasteiger partial charge in [0.15, 0.2) is 0 Å². The van der Waals surface area contributed by atoms with E-state index < -0.39 is 0 Å². The molecule has 3 heteroatoms. The Morgan fingerprint density at radius 1 is 0.867 bits per heavy atom. The Kier molecular flexibility index (Phi) is 6.54. The van der Waals surface area contributed by atoms with Crippen molar-refractivity contribution in [3.8, 4) is 0 Å². The molecule has 2 unspecified atom stereocenters. The fourth-order valence-electron chi connectivity index (χ4n) is 1.90.